The third-order valence-electron chi connectivity index (χ3n) is 4.34. The molecule has 134 valence electrons. The maximum absolute atomic E-state index is 11.9. The van der Waals surface area contributed by atoms with E-state index >= 15 is 0 Å². The van der Waals surface area contributed by atoms with Crippen LogP contribution in [0.25, 0.3) is 0 Å². The van der Waals surface area contributed by atoms with Crippen LogP contribution >= 0.6 is 11.6 Å². The highest BCUT2D eigenvalue weighted by molar-refractivity contribution is 6.32. The van der Waals surface area contributed by atoms with Crippen LogP contribution in [0.3, 0.4) is 0 Å². The Hall–Kier alpha value is -1.62. The van der Waals surface area contributed by atoms with Crippen LogP contribution in [0.1, 0.15) is 44.6 Å². The molecule has 0 radical (unpaired) electrons. The summed E-state index contributed by atoms with van der Waals surface area (Å²) in [5, 5.41) is 6.25. The number of rotatable bonds is 8. The van der Waals surface area contributed by atoms with Crippen molar-refractivity contribution in [1.82, 2.24) is 10.6 Å². The number of amides is 2. The van der Waals surface area contributed by atoms with E-state index in [0.717, 1.165) is 24.4 Å². The molecule has 1 fully saturated rings. The summed E-state index contributed by atoms with van der Waals surface area (Å²) in [5.41, 5.74) is 0.867. The zero-order valence-electron chi connectivity index (χ0n) is 14.5. The maximum Gasteiger partial charge on any atom is 0.315 e. The molecule has 0 unspecified atom stereocenters. The van der Waals surface area contributed by atoms with Gasteiger partial charge in [0.15, 0.2) is 11.5 Å². The average molecular weight is 355 g/mol. The van der Waals surface area contributed by atoms with E-state index in [9.17, 15) is 4.79 Å². The van der Waals surface area contributed by atoms with Crippen LogP contribution in [0.5, 0.6) is 11.5 Å². The first-order valence-electron chi connectivity index (χ1n) is 8.65. The summed E-state index contributed by atoms with van der Waals surface area (Å²) in [5.74, 6) is 1.88. The van der Waals surface area contributed by atoms with Crippen molar-refractivity contribution in [2.75, 3.05) is 20.3 Å². The Balaban J connectivity index is 1.80. The molecule has 5 nitrogen and oxygen atoms in total. The highest BCUT2D eigenvalue weighted by Gasteiger charge is 2.15. The predicted molar refractivity (Wildman–Crippen MR) is 96.0 cm³/mol. The standard InChI is InChI=1S/C18H27ClN2O3/c1-3-24-17-15(19)10-14(11-16(17)23-2)12-21-18(22)20-9-8-13-6-4-5-7-13/h10-11,13H,3-9,12H2,1-2H3,(H2,20,21,22). The molecule has 0 heterocycles. The summed E-state index contributed by atoms with van der Waals surface area (Å²) < 4.78 is 10.8. The number of hydrogen-bond donors (Lipinski definition) is 2. The lowest BCUT2D eigenvalue weighted by atomic mass is 10.0. The molecule has 0 atom stereocenters. The Morgan fingerprint density at radius 3 is 2.71 bits per heavy atom. The fraction of sp³-hybridized carbons (Fsp3) is 0.611. The number of halogens is 1. The Labute approximate surface area is 149 Å². The van der Waals surface area contributed by atoms with Crippen LogP contribution in [0.4, 0.5) is 4.79 Å². The second-order valence-electron chi connectivity index (χ2n) is 6.09. The lowest BCUT2D eigenvalue weighted by molar-refractivity contribution is 0.239. The number of ether oxygens (including phenoxy) is 2. The molecule has 0 bridgehead atoms. The fourth-order valence-electron chi connectivity index (χ4n) is 3.09. The van der Waals surface area contributed by atoms with Gasteiger partial charge in [0, 0.05) is 13.1 Å². The molecule has 24 heavy (non-hydrogen) atoms. The number of benzene rings is 1. The molecular formula is C18H27ClN2O3. The van der Waals surface area contributed by atoms with E-state index in [1.165, 1.54) is 25.7 Å². The Kier molecular flexibility index (Phi) is 7.50. The van der Waals surface area contributed by atoms with Gasteiger partial charge in [-0.25, -0.2) is 4.79 Å². The largest absolute Gasteiger partial charge is 0.493 e. The lowest BCUT2D eigenvalue weighted by Crippen LogP contribution is -2.36. The first-order valence-corrected chi connectivity index (χ1v) is 9.02. The molecule has 1 aromatic carbocycles. The highest BCUT2D eigenvalue weighted by atomic mass is 35.5. The van der Waals surface area contributed by atoms with E-state index in [4.69, 9.17) is 21.1 Å². The van der Waals surface area contributed by atoms with Crippen LogP contribution in [0.2, 0.25) is 5.02 Å². The van der Waals surface area contributed by atoms with Gasteiger partial charge in [-0.3, -0.25) is 0 Å². The van der Waals surface area contributed by atoms with Gasteiger partial charge in [0.1, 0.15) is 0 Å². The van der Waals surface area contributed by atoms with Crippen LogP contribution in [0, 0.1) is 5.92 Å². The summed E-state index contributed by atoms with van der Waals surface area (Å²) in [4.78, 5) is 11.9. The van der Waals surface area contributed by atoms with Gasteiger partial charge in [0.2, 0.25) is 0 Å². The highest BCUT2D eigenvalue weighted by Crippen LogP contribution is 2.36. The van der Waals surface area contributed by atoms with E-state index in [2.05, 4.69) is 10.6 Å². The second kappa shape index (κ2) is 9.62. The zero-order chi connectivity index (χ0) is 17.4. The van der Waals surface area contributed by atoms with Crippen LogP contribution < -0.4 is 20.1 Å². The van der Waals surface area contributed by atoms with Gasteiger partial charge in [-0.1, -0.05) is 37.3 Å². The van der Waals surface area contributed by atoms with Gasteiger partial charge < -0.3 is 20.1 Å². The molecule has 0 aromatic heterocycles. The Morgan fingerprint density at radius 2 is 2.04 bits per heavy atom. The van der Waals surface area contributed by atoms with E-state index in [1.807, 2.05) is 13.0 Å². The number of urea groups is 1. The number of carbonyl (C=O) groups excluding carboxylic acids is 1. The summed E-state index contributed by atoms with van der Waals surface area (Å²) in [7, 11) is 1.57. The molecule has 0 spiro atoms. The van der Waals surface area contributed by atoms with Crippen LogP contribution in [0.15, 0.2) is 12.1 Å². The molecule has 0 saturated heterocycles. The summed E-state index contributed by atoms with van der Waals surface area (Å²) in [6.07, 6.45) is 6.33. The van der Waals surface area contributed by atoms with Crippen molar-refractivity contribution in [2.45, 2.75) is 45.6 Å². The molecular weight excluding hydrogens is 328 g/mol. The van der Waals surface area contributed by atoms with Crippen LogP contribution in [-0.2, 0) is 6.54 Å². The van der Waals surface area contributed by atoms with E-state index in [-0.39, 0.29) is 6.03 Å². The lowest BCUT2D eigenvalue weighted by Gasteiger charge is -2.14. The van der Waals surface area contributed by atoms with Crippen LogP contribution in [-0.4, -0.2) is 26.3 Å². The molecule has 1 saturated carbocycles. The van der Waals surface area contributed by atoms with Crippen molar-refractivity contribution in [2.24, 2.45) is 5.92 Å². The van der Waals surface area contributed by atoms with E-state index < -0.39 is 0 Å². The summed E-state index contributed by atoms with van der Waals surface area (Å²) >= 11 is 6.23. The molecule has 2 N–H and O–H groups in total. The maximum atomic E-state index is 11.9. The average Bonchev–Trinajstić information content (AvgIpc) is 3.08. The first-order chi connectivity index (χ1) is 11.6. The molecule has 1 aliphatic rings. The SMILES string of the molecule is CCOc1c(Cl)cc(CNC(=O)NCCC2CCCC2)cc1OC. The summed E-state index contributed by atoms with van der Waals surface area (Å²) in [6, 6.07) is 3.46. The molecule has 2 rings (SSSR count). The minimum atomic E-state index is -0.156. The van der Waals surface area contributed by atoms with Gasteiger partial charge in [0.25, 0.3) is 0 Å². The van der Waals surface area contributed by atoms with Gasteiger partial charge in [-0.05, 0) is 37.0 Å². The van der Waals surface area contributed by atoms with Crippen molar-refractivity contribution in [3.8, 4) is 11.5 Å². The second-order valence-corrected chi connectivity index (χ2v) is 6.50. The molecule has 1 aliphatic carbocycles. The first kappa shape index (κ1) is 18.7. The van der Waals surface area contributed by atoms with Crippen molar-refractivity contribution in [1.29, 1.82) is 0 Å². The minimum Gasteiger partial charge on any atom is -0.493 e. The smallest absolute Gasteiger partial charge is 0.315 e. The topological polar surface area (TPSA) is 59.6 Å². The quantitative estimate of drug-likeness (QED) is 0.738. The van der Waals surface area contributed by atoms with Gasteiger partial charge in [-0.15, -0.1) is 0 Å². The van der Waals surface area contributed by atoms with Gasteiger partial charge in [0.05, 0.1) is 18.7 Å². The number of hydrogen-bond acceptors (Lipinski definition) is 3. The monoisotopic (exact) mass is 354 g/mol. The third-order valence-corrected chi connectivity index (χ3v) is 4.62. The number of nitrogens with one attached hydrogen (secondary N) is 2. The predicted octanol–water partition coefficient (Wildman–Crippen LogP) is 4.13. The fourth-order valence-corrected chi connectivity index (χ4v) is 3.38. The van der Waals surface area contributed by atoms with E-state index in [1.54, 1.807) is 13.2 Å². The minimum absolute atomic E-state index is 0.156. The third kappa shape index (κ3) is 5.48. The zero-order valence-corrected chi connectivity index (χ0v) is 15.2. The number of methoxy groups -OCH3 is 1. The van der Waals surface area contributed by atoms with Crippen molar-refractivity contribution >= 4 is 17.6 Å². The van der Waals surface area contributed by atoms with Gasteiger partial charge >= 0.3 is 6.03 Å². The molecule has 1 aromatic rings. The molecule has 2 amide bonds. The van der Waals surface area contributed by atoms with Gasteiger partial charge in [-0.2, -0.15) is 0 Å². The Morgan fingerprint density at radius 1 is 1.29 bits per heavy atom. The molecule has 0 aliphatic heterocycles. The van der Waals surface area contributed by atoms with Crippen molar-refractivity contribution < 1.29 is 14.3 Å². The summed E-state index contributed by atoms with van der Waals surface area (Å²) in [6.45, 7) is 3.51. The van der Waals surface area contributed by atoms with Crippen molar-refractivity contribution in [3.05, 3.63) is 22.7 Å². The van der Waals surface area contributed by atoms with Crippen molar-refractivity contribution in [3.63, 3.8) is 0 Å². The normalized spacial score (nSPS) is 14.5. The number of carbonyl (C=O) groups is 1. The van der Waals surface area contributed by atoms with E-state index in [0.29, 0.717) is 29.7 Å². The Bertz CT molecular complexity index is 545. The molecule has 6 heteroatoms.